The van der Waals surface area contributed by atoms with Crippen LogP contribution in [-0.2, 0) is 17.1 Å². The van der Waals surface area contributed by atoms with Crippen molar-refractivity contribution in [1.82, 2.24) is 19.9 Å². The Morgan fingerprint density at radius 1 is 0.481 bits per heavy atom. The first-order valence-corrected chi connectivity index (χ1v) is 7.85. The van der Waals surface area contributed by atoms with Gasteiger partial charge in [-0.25, -0.2) is 9.97 Å². The van der Waals surface area contributed by atoms with Crippen LogP contribution >= 0.6 is 0 Å². The molecule has 0 aliphatic carbocycles. The quantitative estimate of drug-likeness (QED) is 0.296. The molecule has 7 heteroatoms. The van der Waals surface area contributed by atoms with E-state index in [4.69, 9.17) is 0 Å². The summed E-state index contributed by atoms with van der Waals surface area (Å²) < 4.78 is 0. The number of hydrogen-bond donors (Lipinski definition) is 2. The summed E-state index contributed by atoms with van der Waals surface area (Å²) in [5.41, 5.74) is 7.86. The van der Waals surface area contributed by atoms with Gasteiger partial charge in [-0.05, 0) is 72.8 Å². The molecule has 2 N–H and O–H groups in total. The Morgan fingerprint density at radius 3 is 1.00 bits per heavy atom. The third kappa shape index (κ3) is 4.52. The minimum Gasteiger partial charge on any atom is -1.00 e. The Balaban J connectivity index is 0.000000871. The van der Waals surface area contributed by atoms with Gasteiger partial charge in [0.2, 0.25) is 0 Å². The molecule has 5 rings (SSSR count). The number of halogens is 2. The van der Waals surface area contributed by atoms with E-state index in [2.05, 4.69) is 44.2 Å². The van der Waals surface area contributed by atoms with Crippen LogP contribution in [-0.4, -0.2) is 19.9 Å². The molecule has 5 heterocycles. The number of nitrogens with one attached hydrogen (secondary N) is 2. The number of aromatic amines is 2. The zero-order chi connectivity index (χ0) is 15.9. The summed E-state index contributed by atoms with van der Waals surface area (Å²) in [6.45, 7) is 0. The van der Waals surface area contributed by atoms with Crippen molar-refractivity contribution in [2.24, 2.45) is 0 Å². The summed E-state index contributed by atoms with van der Waals surface area (Å²) in [5.74, 6) is 0. The zero-order valence-electron chi connectivity index (χ0n) is 14.0. The second kappa shape index (κ2) is 8.59. The Bertz CT molecular complexity index is 1000. The van der Waals surface area contributed by atoms with Crippen molar-refractivity contribution >= 4 is 46.4 Å². The normalized spacial score (nSPS) is 11.3. The van der Waals surface area contributed by atoms with Crippen LogP contribution in [0.4, 0.5) is 0 Å². The molecule has 3 aromatic rings. The van der Waals surface area contributed by atoms with E-state index in [0.29, 0.717) is 0 Å². The molecule has 2 aliphatic rings. The van der Waals surface area contributed by atoms with Crippen LogP contribution in [0.1, 0.15) is 22.8 Å². The van der Waals surface area contributed by atoms with E-state index in [0.717, 1.165) is 44.8 Å². The summed E-state index contributed by atoms with van der Waals surface area (Å²) >= 11 is 0. The molecule has 0 unspecified atom stereocenters. The number of aromatic nitrogens is 4. The van der Waals surface area contributed by atoms with Gasteiger partial charge in [0.25, 0.3) is 0 Å². The number of nitrogens with zero attached hydrogens (tertiary/aromatic N) is 2. The van der Waals surface area contributed by atoms with E-state index in [-0.39, 0.29) is 41.9 Å². The molecule has 0 aromatic carbocycles. The van der Waals surface area contributed by atoms with Crippen LogP contribution in [0, 0.1) is 0 Å². The van der Waals surface area contributed by atoms with Crippen LogP contribution < -0.4 is 24.8 Å². The number of rotatable bonds is 0. The third-order valence-corrected chi connectivity index (χ3v) is 4.04. The minimum absolute atomic E-state index is 0. The van der Waals surface area contributed by atoms with E-state index in [1.165, 1.54) is 0 Å². The number of H-pyrrole nitrogens is 2. The first-order chi connectivity index (χ1) is 11.8. The van der Waals surface area contributed by atoms with Gasteiger partial charge in [-0.3, -0.25) is 0 Å². The van der Waals surface area contributed by atoms with Crippen molar-refractivity contribution in [2.75, 3.05) is 0 Å². The van der Waals surface area contributed by atoms with Crippen LogP contribution in [0.15, 0.2) is 48.5 Å². The fourth-order valence-corrected chi connectivity index (χ4v) is 2.94. The molecular weight excluding hydrogens is 422 g/mol. The molecule has 0 saturated carbocycles. The summed E-state index contributed by atoms with van der Waals surface area (Å²) in [7, 11) is 0. The predicted molar refractivity (Wildman–Crippen MR) is 98.9 cm³/mol. The topological polar surface area (TPSA) is 57.4 Å². The van der Waals surface area contributed by atoms with Crippen molar-refractivity contribution in [3.63, 3.8) is 0 Å². The van der Waals surface area contributed by atoms with Crippen LogP contribution in [0.2, 0.25) is 0 Å². The van der Waals surface area contributed by atoms with Gasteiger partial charge in [0.05, 0.1) is 22.8 Å². The molecule has 135 valence electrons. The van der Waals surface area contributed by atoms with E-state index < -0.39 is 0 Å². The Labute approximate surface area is 179 Å². The largest absolute Gasteiger partial charge is 2.00 e. The fraction of sp³-hybridized carbons (Fsp3) is 0. The maximum atomic E-state index is 4.63. The SMILES string of the molecule is C1=Cc2cc3ccc(cc4nc(cc5ccc(cc1n2)[nH]5)C=C4)[nH]3.[Cl-].[Cl-].[Mn+2]. The van der Waals surface area contributed by atoms with Crippen molar-refractivity contribution in [3.05, 3.63) is 71.3 Å². The molecule has 0 atom stereocenters. The van der Waals surface area contributed by atoms with Gasteiger partial charge in [-0.15, -0.1) is 0 Å². The second-order valence-corrected chi connectivity index (χ2v) is 5.91. The van der Waals surface area contributed by atoms with Gasteiger partial charge < -0.3 is 34.8 Å². The average Bonchev–Trinajstić information content (AvgIpc) is 3.32. The summed E-state index contributed by atoms with van der Waals surface area (Å²) in [4.78, 5) is 16.0. The molecule has 0 saturated heterocycles. The van der Waals surface area contributed by atoms with Crippen molar-refractivity contribution in [3.8, 4) is 0 Å². The smallest absolute Gasteiger partial charge is 1.00 e. The van der Waals surface area contributed by atoms with Crippen LogP contribution in [0.25, 0.3) is 46.4 Å². The second-order valence-electron chi connectivity index (χ2n) is 5.91. The molecule has 27 heavy (non-hydrogen) atoms. The fourth-order valence-electron chi connectivity index (χ4n) is 2.94. The molecule has 1 radical (unpaired) electrons. The molecule has 4 nitrogen and oxygen atoms in total. The van der Waals surface area contributed by atoms with E-state index in [1.54, 1.807) is 0 Å². The first-order valence-electron chi connectivity index (χ1n) is 7.85. The monoisotopic (exact) mass is 435 g/mol. The third-order valence-electron chi connectivity index (χ3n) is 4.04. The molecule has 8 bridgehead atoms. The minimum atomic E-state index is 0. The Hall–Kier alpha value is -2.30. The molecular formula is C20H14Cl2MnN4. The first kappa shape index (κ1) is 21.0. The van der Waals surface area contributed by atoms with Crippen LogP contribution in [0.3, 0.4) is 0 Å². The van der Waals surface area contributed by atoms with E-state index in [9.17, 15) is 0 Å². The van der Waals surface area contributed by atoms with E-state index >= 15 is 0 Å². The molecule has 0 fully saturated rings. The van der Waals surface area contributed by atoms with Gasteiger partial charge in [0.1, 0.15) is 0 Å². The van der Waals surface area contributed by atoms with Gasteiger partial charge in [0, 0.05) is 22.1 Å². The van der Waals surface area contributed by atoms with Crippen molar-refractivity contribution in [2.45, 2.75) is 0 Å². The molecule has 0 spiro atoms. The molecule has 3 aromatic heterocycles. The summed E-state index contributed by atoms with van der Waals surface area (Å²) in [6, 6.07) is 16.4. The van der Waals surface area contributed by atoms with Crippen LogP contribution in [0.5, 0.6) is 0 Å². The number of hydrogen-bond acceptors (Lipinski definition) is 2. The summed E-state index contributed by atoms with van der Waals surface area (Å²) in [5, 5.41) is 0. The van der Waals surface area contributed by atoms with E-state index in [1.807, 2.05) is 48.6 Å². The average molecular weight is 436 g/mol. The summed E-state index contributed by atoms with van der Waals surface area (Å²) in [6.07, 6.45) is 8.09. The maximum absolute atomic E-state index is 4.63. The molecule has 0 amide bonds. The number of fused-ring (bicyclic) bond motifs is 8. The van der Waals surface area contributed by atoms with Crippen molar-refractivity contribution in [1.29, 1.82) is 0 Å². The van der Waals surface area contributed by atoms with Crippen molar-refractivity contribution < 1.29 is 41.9 Å². The molecule has 2 aliphatic heterocycles. The van der Waals surface area contributed by atoms with Gasteiger partial charge in [-0.1, -0.05) is 0 Å². The zero-order valence-corrected chi connectivity index (χ0v) is 16.6. The van der Waals surface area contributed by atoms with Gasteiger partial charge in [-0.2, -0.15) is 0 Å². The maximum Gasteiger partial charge on any atom is 2.00 e. The Kier molecular flexibility index (Phi) is 6.68. The standard InChI is InChI=1S/C20H14N4.2ClH.Mn/c1-2-14-10-16-5-6-18(23-16)12-20-8-7-19(24-20)11-17-4-3-15(22-17)9-13(1)21-14;;;/h1-12,21,24H;2*1H;/q;;;+2/p-2. The van der Waals surface area contributed by atoms with Gasteiger partial charge >= 0.3 is 17.1 Å². The predicted octanol–water partition coefficient (Wildman–Crippen LogP) is -1.34. The van der Waals surface area contributed by atoms with Gasteiger partial charge in [0.15, 0.2) is 0 Å². The Morgan fingerprint density at radius 2 is 0.741 bits per heavy atom.